The van der Waals surface area contributed by atoms with E-state index in [9.17, 15) is 4.79 Å². The molecule has 2 aromatic heterocycles. The van der Waals surface area contributed by atoms with Gasteiger partial charge in [-0.05, 0) is 12.1 Å². The van der Waals surface area contributed by atoms with Gasteiger partial charge in [0.05, 0.1) is 7.11 Å². The van der Waals surface area contributed by atoms with Crippen molar-refractivity contribution in [3.05, 3.63) is 36.2 Å². The number of hydrogen-bond acceptors (Lipinski definition) is 6. The van der Waals surface area contributed by atoms with Crippen LogP contribution in [0.15, 0.2) is 39.2 Å². The Morgan fingerprint density at radius 3 is 2.83 bits per heavy atom. The lowest BCUT2D eigenvalue weighted by Crippen LogP contribution is -2.00. The van der Waals surface area contributed by atoms with Crippen LogP contribution in [0.5, 0.6) is 0 Å². The molecule has 0 bridgehead atoms. The van der Waals surface area contributed by atoms with Gasteiger partial charge in [0.2, 0.25) is 0 Å². The van der Waals surface area contributed by atoms with Crippen LogP contribution >= 0.6 is 0 Å². The lowest BCUT2D eigenvalue weighted by atomic mass is 10.2. The van der Waals surface area contributed by atoms with Crippen LogP contribution in [-0.2, 0) is 4.74 Å². The average Bonchev–Trinajstić information content (AvgIpc) is 3.03. The molecule has 0 radical (unpaired) electrons. The number of esters is 1. The van der Waals surface area contributed by atoms with Crippen molar-refractivity contribution in [2.75, 3.05) is 7.11 Å². The van der Waals surface area contributed by atoms with Gasteiger partial charge in [0.1, 0.15) is 5.58 Å². The Balaban J connectivity index is 2.03. The number of benzene rings is 1. The summed E-state index contributed by atoms with van der Waals surface area (Å²) < 4.78 is 15.2. The fourth-order valence-corrected chi connectivity index (χ4v) is 1.58. The van der Waals surface area contributed by atoms with Crippen LogP contribution in [-0.4, -0.2) is 23.3 Å². The maximum Gasteiger partial charge on any atom is 0.396 e. The number of rotatable bonds is 2. The Hall–Kier alpha value is -2.63. The first-order valence-corrected chi connectivity index (χ1v) is 5.18. The van der Waals surface area contributed by atoms with Gasteiger partial charge in [-0.3, -0.25) is 0 Å². The molecule has 0 spiro atoms. The molecule has 6 heteroatoms. The molecule has 2 heterocycles. The lowest BCUT2D eigenvalue weighted by molar-refractivity contribution is 0.0556. The number of nitrogens with zero attached hydrogens (tertiary/aromatic N) is 2. The maximum absolute atomic E-state index is 11.2. The van der Waals surface area contributed by atoms with Gasteiger partial charge in [-0.1, -0.05) is 18.2 Å². The van der Waals surface area contributed by atoms with E-state index in [0.717, 1.165) is 5.39 Å². The summed E-state index contributed by atoms with van der Waals surface area (Å²) >= 11 is 0. The minimum absolute atomic E-state index is 0.145. The zero-order chi connectivity index (χ0) is 12.5. The van der Waals surface area contributed by atoms with Crippen molar-refractivity contribution in [1.29, 1.82) is 0 Å². The van der Waals surface area contributed by atoms with Gasteiger partial charge in [0, 0.05) is 5.39 Å². The van der Waals surface area contributed by atoms with E-state index in [2.05, 4.69) is 14.9 Å². The first kappa shape index (κ1) is 10.5. The van der Waals surface area contributed by atoms with Crippen molar-refractivity contribution < 1.29 is 18.4 Å². The zero-order valence-corrected chi connectivity index (χ0v) is 9.41. The molecule has 0 saturated carbocycles. The molecule has 6 nitrogen and oxygen atoms in total. The van der Waals surface area contributed by atoms with E-state index >= 15 is 0 Å². The van der Waals surface area contributed by atoms with Crippen molar-refractivity contribution in [3.63, 3.8) is 0 Å². The minimum atomic E-state index is -0.676. The highest BCUT2D eigenvalue weighted by Gasteiger charge is 2.18. The van der Waals surface area contributed by atoms with Crippen LogP contribution in [0.3, 0.4) is 0 Å². The van der Waals surface area contributed by atoms with E-state index in [-0.39, 0.29) is 11.8 Å². The molecule has 0 unspecified atom stereocenters. The van der Waals surface area contributed by atoms with Gasteiger partial charge in [-0.25, -0.2) is 4.79 Å². The Bertz CT molecular complexity index is 681. The molecule has 0 saturated heterocycles. The highest BCUT2D eigenvalue weighted by molar-refractivity contribution is 5.84. The summed E-state index contributed by atoms with van der Waals surface area (Å²) in [6, 6.07) is 9.26. The normalized spacial score (nSPS) is 10.7. The number of methoxy groups -OCH3 is 1. The van der Waals surface area contributed by atoms with Crippen molar-refractivity contribution >= 4 is 16.9 Å². The number of ether oxygens (including phenoxy) is 1. The van der Waals surface area contributed by atoms with Crippen LogP contribution in [0.25, 0.3) is 22.6 Å². The average molecular weight is 244 g/mol. The third kappa shape index (κ3) is 1.64. The largest absolute Gasteiger partial charge is 0.462 e. The van der Waals surface area contributed by atoms with Crippen LogP contribution < -0.4 is 0 Å². The summed E-state index contributed by atoms with van der Waals surface area (Å²) in [7, 11) is 1.24. The van der Waals surface area contributed by atoms with E-state index in [0.29, 0.717) is 11.3 Å². The molecular weight excluding hydrogens is 236 g/mol. The number of para-hydroxylation sites is 1. The van der Waals surface area contributed by atoms with Gasteiger partial charge < -0.3 is 13.6 Å². The summed E-state index contributed by atoms with van der Waals surface area (Å²) in [5.41, 5.74) is 0.713. The first-order valence-electron chi connectivity index (χ1n) is 5.18. The lowest BCUT2D eigenvalue weighted by Gasteiger charge is -1.89. The quantitative estimate of drug-likeness (QED) is 0.643. The SMILES string of the molecule is COC(=O)c1nnc(-c2cc3ccccc3o2)o1. The maximum atomic E-state index is 11.2. The number of hydrogen-bond donors (Lipinski definition) is 0. The molecule has 18 heavy (non-hydrogen) atoms. The molecule has 3 rings (SSSR count). The smallest absolute Gasteiger partial charge is 0.396 e. The standard InChI is InChI=1S/C12H8N2O4/c1-16-12(15)11-14-13-10(18-11)9-6-7-4-2-3-5-8(7)17-9/h2-6H,1H3. The van der Waals surface area contributed by atoms with Crippen LogP contribution in [0.2, 0.25) is 0 Å². The van der Waals surface area contributed by atoms with Gasteiger partial charge in [0.25, 0.3) is 5.89 Å². The Morgan fingerprint density at radius 1 is 1.22 bits per heavy atom. The monoisotopic (exact) mass is 244 g/mol. The molecule has 90 valence electrons. The van der Waals surface area contributed by atoms with Crippen LogP contribution in [0.1, 0.15) is 10.7 Å². The molecule has 1 aromatic carbocycles. The Kier molecular flexibility index (Phi) is 2.33. The van der Waals surface area contributed by atoms with Gasteiger partial charge in [-0.15, -0.1) is 10.2 Å². The zero-order valence-electron chi connectivity index (χ0n) is 9.41. The molecule has 3 aromatic rings. The first-order chi connectivity index (χ1) is 8.78. The second-order valence-corrected chi connectivity index (χ2v) is 3.55. The molecule has 0 aliphatic carbocycles. The fraction of sp³-hybridized carbons (Fsp3) is 0.0833. The second kappa shape index (κ2) is 3.99. The molecule has 0 atom stereocenters. The predicted molar refractivity (Wildman–Crippen MR) is 60.8 cm³/mol. The summed E-state index contributed by atoms with van der Waals surface area (Å²) in [6.07, 6.45) is 0. The van der Waals surface area contributed by atoms with Gasteiger partial charge in [0.15, 0.2) is 5.76 Å². The molecule has 0 amide bonds. The molecular formula is C12H8N2O4. The summed E-state index contributed by atoms with van der Waals surface area (Å²) in [4.78, 5) is 11.2. The van der Waals surface area contributed by atoms with E-state index in [4.69, 9.17) is 8.83 Å². The van der Waals surface area contributed by atoms with Crippen molar-refractivity contribution in [3.8, 4) is 11.7 Å². The van der Waals surface area contributed by atoms with E-state index in [1.54, 1.807) is 6.07 Å². The third-order valence-electron chi connectivity index (χ3n) is 2.42. The molecule has 0 fully saturated rings. The Labute approximate surface area is 101 Å². The number of aromatic nitrogens is 2. The highest BCUT2D eigenvalue weighted by Crippen LogP contribution is 2.26. The predicted octanol–water partition coefficient (Wildman–Crippen LogP) is 2.27. The van der Waals surface area contributed by atoms with E-state index in [1.165, 1.54) is 7.11 Å². The topological polar surface area (TPSA) is 78.4 Å². The number of carbonyl (C=O) groups is 1. The van der Waals surface area contributed by atoms with Crippen molar-refractivity contribution in [2.24, 2.45) is 0 Å². The van der Waals surface area contributed by atoms with Crippen molar-refractivity contribution in [2.45, 2.75) is 0 Å². The number of carbonyl (C=O) groups excluding carboxylic acids is 1. The third-order valence-corrected chi connectivity index (χ3v) is 2.42. The summed E-state index contributed by atoms with van der Waals surface area (Å²) in [5, 5.41) is 8.24. The van der Waals surface area contributed by atoms with Crippen LogP contribution in [0, 0.1) is 0 Å². The van der Waals surface area contributed by atoms with Gasteiger partial charge >= 0.3 is 11.9 Å². The number of fused-ring (bicyclic) bond motifs is 1. The molecule has 0 N–H and O–H groups in total. The van der Waals surface area contributed by atoms with E-state index < -0.39 is 5.97 Å². The Morgan fingerprint density at radius 2 is 2.06 bits per heavy atom. The summed E-state index contributed by atoms with van der Waals surface area (Å²) in [6.45, 7) is 0. The van der Waals surface area contributed by atoms with E-state index in [1.807, 2.05) is 24.3 Å². The minimum Gasteiger partial charge on any atom is -0.462 e. The number of furan rings is 1. The van der Waals surface area contributed by atoms with Crippen molar-refractivity contribution in [1.82, 2.24) is 10.2 Å². The second-order valence-electron chi connectivity index (χ2n) is 3.55. The fourth-order valence-electron chi connectivity index (χ4n) is 1.58. The summed E-state index contributed by atoms with van der Waals surface area (Å²) in [5.74, 6) is -0.316. The highest BCUT2D eigenvalue weighted by atomic mass is 16.5. The molecule has 0 aliphatic rings. The molecule has 0 aliphatic heterocycles. The van der Waals surface area contributed by atoms with Gasteiger partial charge in [-0.2, -0.15) is 0 Å². The van der Waals surface area contributed by atoms with Crippen LogP contribution in [0.4, 0.5) is 0 Å².